The Morgan fingerprint density at radius 1 is 1.04 bits per heavy atom. The van der Waals surface area contributed by atoms with Crippen LogP contribution in [0.15, 0.2) is 60.7 Å². The van der Waals surface area contributed by atoms with E-state index in [2.05, 4.69) is 0 Å². The van der Waals surface area contributed by atoms with Gasteiger partial charge in [0.2, 0.25) is 0 Å². The Morgan fingerprint density at radius 3 is 2.42 bits per heavy atom. The van der Waals surface area contributed by atoms with Gasteiger partial charge < -0.3 is 25.2 Å². The number of fused-ring (bicyclic) bond motifs is 2. The zero-order valence-electron chi connectivity index (χ0n) is 13.3. The van der Waals surface area contributed by atoms with Gasteiger partial charge in [0.15, 0.2) is 0 Å². The molecule has 132 valence electrons. The highest BCUT2D eigenvalue weighted by Gasteiger charge is 2.58. The molecule has 0 fully saturated rings. The van der Waals surface area contributed by atoms with Crippen LogP contribution in [0.1, 0.15) is 20.1 Å². The molecule has 1 aromatic heterocycles. The van der Waals surface area contributed by atoms with Gasteiger partial charge in [-0.25, -0.2) is 4.79 Å². The average Bonchev–Trinajstić information content (AvgIpc) is 3.22. The van der Waals surface area contributed by atoms with Gasteiger partial charge in [-0.2, -0.15) is 0 Å². The molecule has 1 aliphatic heterocycles. The number of carbonyl (C=O) groups is 1. The highest BCUT2D eigenvalue weighted by atomic mass is 32.1. The summed E-state index contributed by atoms with van der Waals surface area (Å²) in [4.78, 5) is 10.9. The molecule has 3 aromatic rings. The van der Waals surface area contributed by atoms with E-state index in [0.29, 0.717) is 16.9 Å². The summed E-state index contributed by atoms with van der Waals surface area (Å²) < 4.78 is 5.44. The number of benzene rings is 2. The van der Waals surface area contributed by atoms with E-state index in [1.165, 1.54) is 18.2 Å². The maximum atomic E-state index is 11.1. The highest BCUT2D eigenvalue weighted by molar-refractivity contribution is 7.14. The second-order valence-electron chi connectivity index (χ2n) is 5.96. The highest BCUT2D eigenvalue weighted by Crippen LogP contribution is 2.50. The lowest BCUT2D eigenvalue weighted by Gasteiger charge is -2.35. The van der Waals surface area contributed by atoms with Crippen LogP contribution in [0.25, 0.3) is 11.1 Å². The van der Waals surface area contributed by atoms with Crippen molar-refractivity contribution in [1.29, 1.82) is 0 Å². The number of thiophene rings is 1. The second-order valence-corrected chi connectivity index (χ2v) is 7.04. The van der Waals surface area contributed by atoms with Crippen molar-refractivity contribution in [3.05, 3.63) is 76.0 Å². The van der Waals surface area contributed by atoms with E-state index < -0.39 is 17.5 Å². The maximum absolute atomic E-state index is 11.1. The third kappa shape index (κ3) is 2.33. The van der Waals surface area contributed by atoms with Crippen LogP contribution in [0.5, 0.6) is 5.75 Å². The lowest BCUT2D eigenvalue weighted by atomic mass is 9.90. The summed E-state index contributed by atoms with van der Waals surface area (Å²) in [6.07, 6.45) is 0. The molecular formula is C19H14O6S. The molecule has 6 nitrogen and oxygen atoms in total. The van der Waals surface area contributed by atoms with Crippen LogP contribution >= 0.6 is 11.3 Å². The van der Waals surface area contributed by atoms with Gasteiger partial charge in [-0.15, -0.1) is 11.3 Å². The topological polar surface area (TPSA) is 107 Å². The summed E-state index contributed by atoms with van der Waals surface area (Å²) >= 11 is 0.659. The molecule has 4 rings (SSSR count). The first-order valence-electron chi connectivity index (χ1n) is 7.72. The Bertz CT molecular complexity index is 994. The van der Waals surface area contributed by atoms with E-state index in [1.807, 2.05) is 30.3 Å². The Labute approximate surface area is 152 Å². The van der Waals surface area contributed by atoms with Gasteiger partial charge in [0, 0.05) is 5.56 Å². The van der Waals surface area contributed by atoms with Crippen molar-refractivity contribution >= 4 is 17.3 Å². The summed E-state index contributed by atoms with van der Waals surface area (Å²) in [5.74, 6) is -6.23. The fourth-order valence-electron chi connectivity index (χ4n) is 3.03. The minimum absolute atomic E-state index is 0.0796. The third-order valence-electron chi connectivity index (χ3n) is 4.34. The summed E-state index contributed by atoms with van der Waals surface area (Å²) in [6.45, 7) is 0. The zero-order valence-corrected chi connectivity index (χ0v) is 14.1. The van der Waals surface area contributed by atoms with E-state index >= 15 is 0 Å². The predicted molar refractivity (Wildman–Crippen MR) is 93.8 cm³/mol. The van der Waals surface area contributed by atoms with Crippen molar-refractivity contribution in [1.82, 2.24) is 0 Å². The molecule has 0 spiro atoms. The monoisotopic (exact) mass is 370 g/mol. The fraction of sp³-hybridized carbons (Fsp3) is 0.105. The largest absolute Gasteiger partial charge is 0.477 e. The van der Waals surface area contributed by atoms with Crippen LogP contribution < -0.4 is 4.74 Å². The van der Waals surface area contributed by atoms with E-state index in [1.54, 1.807) is 12.1 Å². The van der Waals surface area contributed by atoms with Crippen LogP contribution in [-0.2, 0) is 11.6 Å². The SMILES string of the molecule is O=C(O)c1ccc(C(O)(O)C2(O)Oc3ccc(-c4ccccc4)c2c3)s1. The molecule has 1 atom stereocenters. The summed E-state index contributed by atoms with van der Waals surface area (Å²) in [5.41, 5.74) is 1.54. The molecule has 7 heteroatoms. The number of hydrogen-bond donors (Lipinski definition) is 4. The van der Waals surface area contributed by atoms with Gasteiger partial charge in [-0.1, -0.05) is 36.4 Å². The third-order valence-corrected chi connectivity index (χ3v) is 5.51. The van der Waals surface area contributed by atoms with Crippen molar-refractivity contribution in [2.45, 2.75) is 11.6 Å². The number of carboxylic acid groups (broad SMARTS) is 1. The molecule has 0 radical (unpaired) electrons. The summed E-state index contributed by atoms with van der Waals surface area (Å²) in [6, 6.07) is 16.5. The standard InChI is InChI=1S/C19H14O6S/c20-17(21)15-8-9-16(26-15)18(22,23)19(24)14-10-12(25-19)6-7-13(14)11-4-2-1-3-5-11/h1-10,22-24H,(H,20,21). The number of aliphatic hydroxyl groups is 3. The quantitative estimate of drug-likeness (QED) is 0.526. The van der Waals surface area contributed by atoms with Gasteiger partial charge >= 0.3 is 5.97 Å². The summed E-state index contributed by atoms with van der Waals surface area (Å²) in [7, 11) is 0. The molecule has 2 heterocycles. The molecule has 0 amide bonds. The Hall–Kier alpha value is -2.71. The van der Waals surface area contributed by atoms with Gasteiger partial charge in [0.25, 0.3) is 11.6 Å². The number of aromatic carboxylic acids is 1. The lowest BCUT2D eigenvalue weighted by Crippen LogP contribution is -2.51. The van der Waals surface area contributed by atoms with Crippen molar-refractivity contribution in [2.24, 2.45) is 0 Å². The molecule has 1 unspecified atom stereocenters. The van der Waals surface area contributed by atoms with Crippen molar-refractivity contribution < 1.29 is 30.0 Å². The van der Waals surface area contributed by atoms with Gasteiger partial charge in [-0.3, -0.25) is 0 Å². The zero-order chi connectivity index (χ0) is 18.5. The van der Waals surface area contributed by atoms with Gasteiger partial charge in [0.05, 0.1) is 4.88 Å². The molecule has 2 bridgehead atoms. The Kier molecular flexibility index (Phi) is 3.64. The van der Waals surface area contributed by atoms with Crippen molar-refractivity contribution in [3.8, 4) is 16.9 Å². The first-order chi connectivity index (χ1) is 12.3. The fourth-order valence-corrected chi connectivity index (χ4v) is 3.91. The molecule has 0 aliphatic carbocycles. The number of ether oxygens (including phenoxy) is 1. The Balaban J connectivity index is 1.84. The van der Waals surface area contributed by atoms with Crippen LogP contribution in [0.3, 0.4) is 0 Å². The van der Waals surface area contributed by atoms with Crippen LogP contribution in [-0.4, -0.2) is 26.4 Å². The molecule has 0 saturated carbocycles. The number of rotatable bonds is 4. The van der Waals surface area contributed by atoms with E-state index in [0.717, 1.165) is 5.56 Å². The van der Waals surface area contributed by atoms with Crippen molar-refractivity contribution in [2.75, 3.05) is 0 Å². The minimum atomic E-state index is -2.84. The number of carboxylic acids is 1. The Morgan fingerprint density at radius 2 is 1.77 bits per heavy atom. The molecule has 0 saturated heterocycles. The van der Waals surface area contributed by atoms with Gasteiger partial charge in [0.1, 0.15) is 10.6 Å². The smallest absolute Gasteiger partial charge is 0.345 e. The lowest BCUT2D eigenvalue weighted by molar-refractivity contribution is -0.356. The molecular weight excluding hydrogens is 356 g/mol. The normalized spacial score (nSPS) is 18.6. The van der Waals surface area contributed by atoms with Crippen LogP contribution in [0.4, 0.5) is 0 Å². The van der Waals surface area contributed by atoms with Crippen LogP contribution in [0.2, 0.25) is 0 Å². The predicted octanol–water partition coefficient (Wildman–Crippen LogP) is 2.49. The van der Waals surface area contributed by atoms with E-state index in [9.17, 15) is 20.1 Å². The van der Waals surface area contributed by atoms with E-state index in [-0.39, 0.29) is 21.1 Å². The second kappa shape index (κ2) is 5.65. The maximum Gasteiger partial charge on any atom is 0.345 e. The molecule has 26 heavy (non-hydrogen) atoms. The molecule has 1 aliphatic rings. The minimum Gasteiger partial charge on any atom is -0.477 e. The summed E-state index contributed by atoms with van der Waals surface area (Å²) in [5, 5.41) is 41.7. The number of hydrogen-bond acceptors (Lipinski definition) is 6. The van der Waals surface area contributed by atoms with Crippen LogP contribution in [0, 0.1) is 0 Å². The van der Waals surface area contributed by atoms with E-state index in [4.69, 9.17) is 9.84 Å². The van der Waals surface area contributed by atoms with Crippen molar-refractivity contribution in [3.63, 3.8) is 0 Å². The average molecular weight is 370 g/mol. The first kappa shape index (κ1) is 16.7. The molecule has 4 N–H and O–H groups in total. The first-order valence-corrected chi connectivity index (χ1v) is 8.54. The van der Waals surface area contributed by atoms with Gasteiger partial charge in [-0.05, 0) is 35.4 Å². The molecule has 2 aromatic carbocycles.